The molecule has 2 rings (SSSR count). The van der Waals surface area contributed by atoms with Crippen molar-refractivity contribution in [2.24, 2.45) is 0 Å². The van der Waals surface area contributed by atoms with E-state index in [9.17, 15) is 9.59 Å². The first-order chi connectivity index (χ1) is 9.85. The van der Waals surface area contributed by atoms with Crippen LogP contribution >= 0.6 is 22.7 Å². The highest BCUT2D eigenvalue weighted by molar-refractivity contribution is 7.15. The number of nitrogens with zero attached hydrogens (tertiary/aromatic N) is 1. The highest BCUT2D eigenvalue weighted by Gasteiger charge is 2.30. The SMILES string of the molecule is CC[C@@](C)(NC(=O)c1ccc(C(=O)O)s1)c1nc(C)cs1. The zero-order valence-electron chi connectivity index (χ0n) is 12.0. The van der Waals surface area contributed by atoms with Crippen molar-refractivity contribution < 1.29 is 14.7 Å². The standard InChI is InChI=1S/C14H16N2O3S2/c1-4-14(3,13-15-8(2)7-20-13)16-11(17)9-5-6-10(21-9)12(18)19/h5-7H,4H2,1-3H3,(H,16,17)(H,18,19)/t14-/m1/s1. The second kappa shape index (κ2) is 5.95. The van der Waals surface area contributed by atoms with Crippen LogP contribution in [0, 0.1) is 6.92 Å². The third-order valence-corrected chi connectivity index (χ3v) is 5.52. The van der Waals surface area contributed by atoms with Gasteiger partial charge >= 0.3 is 5.97 Å². The zero-order valence-corrected chi connectivity index (χ0v) is 13.6. The van der Waals surface area contributed by atoms with Crippen LogP contribution in [0.5, 0.6) is 0 Å². The Labute approximate surface area is 130 Å². The maximum absolute atomic E-state index is 12.3. The quantitative estimate of drug-likeness (QED) is 0.884. The van der Waals surface area contributed by atoms with Crippen LogP contribution in [0.25, 0.3) is 0 Å². The number of rotatable bonds is 5. The van der Waals surface area contributed by atoms with Gasteiger partial charge in [-0.15, -0.1) is 22.7 Å². The Morgan fingerprint density at radius 3 is 2.52 bits per heavy atom. The predicted octanol–water partition coefficient (Wildman–Crippen LogP) is 3.27. The van der Waals surface area contributed by atoms with Crippen LogP contribution in [-0.2, 0) is 5.54 Å². The number of thiazole rings is 1. The van der Waals surface area contributed by atoms with Crippen molar-refractivity contribution in [1.82, 2.24) is 10.3 Å². The minimum Gasteiger partial charge on any atom is -0.477 e. The fourth-order valence-electron chi connectivity index (χ4n) is 1.79. The minimum absolute atomic E-state index is 0.156. The molecule has 0 aliphatic carbocycles. The summed E-state index contributed by atoms with van der Waals surface area (Å²) >= 11 is 2.48. The number of carbonyl (C=O) groups excluding carboxylic acids is 1. The Morgan fingerprint density at radius 2 is 2.05 bits per heavy atom. The van der Waals surface area contributed by atoms with Crippen molar-refractivity contribution in [1.29, 1.82) is 0 Å². The molecule has 0 unspecified atom stereocenters. The number of aromatic nitrogens is 1. The summed E-state index contributed by atoms with van der Waals surface area (Å²) in [6, 6.07) is 2.98. The van der Waals surface area contributed by atoms with E-state index in [0.29, 0.717) is 11.3 Å². The summed E-state index contributed by atoms with van der Waals surface area (Å²) in [6.45, 7) is 5.82. The van der Waals surface area contributed by atoms with Gasteiger partial charge in [-0.25, -0.2) is 9.78 Å². The van der Waals surface area contributed by atoms with Gasteiger partial charge in [-0.05, 0) is 32.4 Å². The summed E-state index contributed by atoms with van der Waals surface area (Å²) in [6.07, 6.45) is 0.697. The number of hydrogen-bond acceptors (Lipinski definition) is 5. The molecule has 2 heterocycles. The van der Waals surface area contributed by atoms with Gasteiger partial charge in [0, 0.05) is 11.1 Å². The summed E-state index contributed by atoms with van der Waals surface area (Å²) < 4.78 is 0. The molecule has 1 amide bonds. The number of aromatic carboxylic acids is 1. The van der Waals surface area contributed by atoms with E-state index in [1.165, 1.54) is 23.5 Å². The first-order valence-corrected chi connectivity index (χ1v) is 8.13. The highest BCUT2D eigenvalue weighted by atomic mass is 32.1. The third-order valence-electron chi connectivity index (χ3n) is 3.23. The van der Waals surface area contributed by atoms with Crippen molar-refractivity contribution >= 4 is 34.6 Å². The van der Waals surface area contributed by atoms with E-state index < -0.39 is 11.5 Å². The summed E-state index contributed by atoms with van der Waals surface area (Å²) in [5.41, 5.74) is 0.372. The molecule has 0 saturated carbocycles. The predicted molar refractivity (Wildman–Crippen MR) is 83.2 cm³/mol. The molecule has 112 valence electrons. The zero-order chi connectivity index (χ0) is 15.6. The number of amides is 1. The lowest BCUT2D eigenvalue weighted by Crippen LogP contribution is -2.42. The maximum atomic E-state index is 12.3. The van der Waals surface area contributed by atoms with Crippen molar-refractivity contribution in [3.63, 3.8) is 0 Å². The van der Waals surface area contributed by atoms with Gasteiger partial charge in [0.1, 0.15) is 9.88 Å². The van der Waals surface area contributed by atoms with Gasteiger partial charge in [-0.1, -0.05) is 6.92 Å². The number of thiophene rings is 1. The Bertz CT molecular complexity index is 677. The van der Waals surface area contributed by atoms with Crippen molar-refractivity contribution in [2.45, 2.75) is 32.7 Å². The van der Waals surface area contributed by atoms with Crippen LogP contribution in [-0.4, -0.2) is 22.0 Å². The molecule has 0 aromatic carbocycles. The van der Waals surface area contributed by atoms with Gasteiger partial charge in [0.05, 0.1) is 10.4 Å². The number of carbonyl (C=O) groups is 2. The Balaban J connectivity index is 2.21. The molecule has 0 aliphatic heterocycles. The largest absolute Gasteiger partial charge is 0.477 e. The van der Waals surface area contributed by atoms with Gasteiger partial charge in [-0.3, -0.25) is 4.79 Å². The highest BCUT2D eigenvalue weighted by Crippen LogP contribution is 2.28. The smallest absolute Gasteiger partial charge is 0.345 e. The van der Waals surface area contributed by atoms with Gasteiger partial charge in [0.15, 0.2) is 0 Å². The van der Waals surface area contributed by atoms with Gasteiger partial charge in [0.25, 0.3) is 5.91 Å². The maximum Gasteiger partial charge on any atom is 0.345 e. The molecule has 2 N–H and O–H groups in total. The van der Waals surface area contributed by atoms with Gasteiger partial charge in [0.2, 0.25) is 0 Å². The lowest BCUT2D eigenvalue weighted by Gasteiger charge is -2.27. The molecule has 0 spiro atoms. The van der Waals surface area contributed by atoms with Crippen LogP contribution in [0.2, 0.25) is 0 Å². The van der Waals surface area contributed by atoms with Crippen LogP contribution in [0.15, 0.2) is 17.5 Å². The number of carboxylic acids is 1. The molecule has 0 aliphatic rings. The van der Waals surface area contributed by atoms with Crippen LogP contribution < -0.4 is 5.32 Å². The number of carboxylic acid groups (broad SMARTS) is 1. The molecule has 0 radical (unpaired) electrons. The summed E-state index contributed by atoms with van der Waals surface area (Å²) in [5, 5.41) is 14.7. The van der Waals surface area contributed by atoms with Crippen LogP contribution in [0.3, 0.4) is 0 Å². The molecule has 2 aromatic rings. The molecule has 0 bridgehead atoms. The average Bonchev–Trinajstić information content (AvgIpc) is 3.07. The summed E-state index contributed by atoms with van der Waals surface area (Å²) in [7, 11) is 0. The van der Waals surface area contributed by atoms with E-state index in [4.69, 9.17) is 5.11 Å². The average molecular weight is 324 g/mol. The molecule has 2 aromatic heterocycles. The van der Waals surface area contributed by atoms with E-state index >= 15 is 0 Å². The van der Waals surface area contributed by atoms with Gasteiger partial charge in [-0.2, -0.15) is 0 Å². The molecule has 0 saturated heterocycles. The number of nitrogens with one attached hydrogen (secondary N) is 1. The van der Waals surface area contributed by atoms with Crippen molar-refractivity contribution in [3.05, 3.63) is 38.0 Å². The van der Waals surface area contributed by atoms with Crippen molar-refractivity contribution in [3.8, 4) is 0 Å². The molecule has 5 nitrogen and oxygen atoms in total. The minimum atomic E-state index is -1.02. The molecular formula is C14H16N2O3S2. The normalized spacial score (nSPS) is 13.7. The Morgan fingerprint density at radius 1 is 1.38 bits per heavy atom. The lowest BCUT2D eigenvalue weighted by atomic mass is 9.99. The lowest BCUT2D eigenvalue weighted by molar-refractivity contribution is 0.0702. The Hall–Kier alpha value is -1.73. The van der Waals surface area contributed by atoms with E-state index in [0.717, 1.165) is 22.0 Å². The number of hydrogen-bond donors (Lipinski definition) is 2. The molecule has 21 heavy (non-hydrogen) atoms. The second-order valence-corrected chi connectivity index (χ2v) is 6.84. The van der Waals surface area contributed by atoms with Crippen molar-refractivity contribution in [2.75, 3.05) is 0 Å². The first-order valence-electron chi connectivity index (χ1n) is 6.44. The van der Waals surface area contributed by atoms with E-state index in [1.54, 1.807) is 0 Å². The van der Waals surface area contributed by atoms with E-state index in [1.807, 2.05) is 26.2 Å². The summed E-state index contributed by atoms with van der Waals surface area (Å²) in [4.78, 5) is 28.2. The molecule has 7 heteroatoms. The van der Waals surface area contributed by atoms with Crippen LogP contribution in [0.4, 0.5) is 0 Å². The fraction of sp³-hybridized carbons (Fsp3) is 0.357. The van der Waals surface area contributed by atoms with Crippen LogP contribution in [0.1, 0.15) is 50.3 Å². The second-order valence-electron chi connectivity index (χ2n) is 4.90. The Kier molecular flexibility index (Phi) is 4.43. The van der Waals surface area contributed by atoms with E-state index in [-0.39, 0.29) is 10.8 Å². The van der Waals surface area contributed by atoms with E-state index in [2.05, 4.69) is 10.3 Å². The molecular weight excluding hydrogens is 308 g/mol. The third kappa shape index (κ3) is 3.30. The fourth-order valence-corrected chi connectivity index (χ4v) is 3.51. The number of aryl methyl sites for hydroxylation is 1. The molecule has 1 atom stereocenters. The summed E-state index contributed by atoms with van der Waals surface area (Å²) in [5.74, 6) is -1.29. The molecule has 0 fully saturated rings. The van der Waals surface area contributed by atoms with Gasteiger partial charge < -0.3 is 10.4 Å². The first kappa shape index (κ1) is 15.7. The monoisotopic (exact) mass is 324 g/mol. The topological polar surface area (TPSA) is 79.3 Å².